The average molecular weight is 389 g/mol. The van der Waals surface area contributed by atoms with Crippen LogP contribution < -0.4 is 10.6 Å². The zero-order valence-electron chi connectivity index (χ0n) is 11.2. The molecule has 1 amide bonds. The summed E-state index contributed by atoms with van der Waals surface area (Å²) in [7, 11) is 0. The molecule has 118 valence electrons. The molecule has 2 aromatic rings. The van der Waals surface area contributed by atoms with Crippen LogP contribution in [0.4, 0.5) is 0 Å². The van der Waals surface area contributed by atoms with Crippen molar-refractivity contribution in [2.75, 3.05) is 19.6 Å². The minimum Gasteiger partial charge on any atom is -0.349 e. The molecule has 2 rings (SSSR count). The van der Waals surface area contributed by atoms with Crippen LogP contribution in [-0.4, -0.2) is 30.5 Å². The van der Waals surface area contributed by atoms with E-state index < -0.39 is 0 Å². The van der Waals surface area contributed by atoms with Gasteiger partial charge in [0.1, 0.15) is 10.7 Å². The van der Waals surface area contributed by atoms with Crippen LogP contribution in [0.2, 0.25) is 4.34 Å². The van der Waals surface area contributed by atoms with E-state index in [1.165, 1.54) is 22.7 Å². The Morgan fingerprint density at radius 1 is 1.33 bits per heavy atom. The topological polar surface area (TPSA) is 54.0 Å². The molecule has 0 saturated carbocycles. The van der Waals surface area contributed by atoms with E-state index in [1.54, 1.807) is 5.38 Å². The number of likely N-dealkylation sites (N-methyl/N-ethyl adjacent to an activating group) is 1. The van der Waals surface area contributed by atoms with E-state index in [4.69, 9.17) is 11.6 Å². The quantitative estimate of drug-likeness (QED) is 0.742. The SMILES string of the molecule is CCNCCNC(=O)c1csc(-c2ccc(Cl)s2)n1.Cl.Cl. The average Bonchev–Trinajstić information content (AvgIpc) is 3.02. The number of thiophene rings is 1. The first-order chi connectivity index (χ1) is 9.20. The Kier molecular flexibility index (Phi) is 10.2. The molecule has 0 aliphatic rings. The van der Waals surface area contributed by atoms with Crippen LogP contribution in [-0.2, 0) is 0 Å². The lowest BCUT2D eigenvalue weighted by Gasteiger charge is -2.02. The minimum absolute atomic E-state index is 0. The van der Waals surface area contributed by atoms with Gasteiger partial charge in [0.2, 0.25) is 0 Å². The van der Waals surface area contributed by atoms with Gasteiger partial charge in [-0.25, -0.2) is 4.98 Å². The van der Waals surface area contributed by atoms with Crippen molar-refractivity contribution in [3.63, 3.8) is 0 Å². The smallest absolute Gasteiger partial charge is 0.270 e. The first kappa shape index (κ1) is 20.6. The van der Waals surface area contributed by atoms with Crippen LogP contribution in [0.25, 0.3) is 9.88 Å². The Morgan fingerprint density at radius 2 is 2.10 bits per heavy atom. The normalized spacial score (nSPS) is 9.62. The van der Waals surface area contributed by atoms with E-state index in [0.717, 1.165) is 27.3 Å². The number of carbonyl (C=O) groups is 1. The maximum atomic E-state index is 11.8. The number of rotatable bonds is 6. The molecule has 0 bridgehead atoms. The highest BCUT2D eigenvalue weighted by Crippen LogP contribution is 2.32. The third-order valence-electron chi connectivity index (χ3n) is 2.36. The van der Waals surface area contributed by atoms with E-state index in [9.17, 15) is 4.79 Å². The first-order valence-corrected chi connectivity index (χ1v) is 7.98. The van der Waals surface area contributed by atoms with Gasteiger partial charge in [-0.05, 0) is 18.7 Å². The summed E-state index contributed by atoms with van der Waals surface area (Å²) in [5, 5.41) is 8.56. The number of amides is 1. The molecule has 0 radical (unpaired) electrons. The monoisotopic (exact) mass is 387 g/mol. The van der Waals surface area contributed by atoms with Crippen molar-refractivity contribution in [3.8, 4) is 9.88 Å². The fourth-order valence-electron chi connectivity index (χ4n) is 1.45. The van der Waals surface area contributed by atoms with Crippen LogP contribution in [0.3, 0.4) is 0 Å². The molecule has 0 aliphatic heterocycles. The Hall–Kier alpha value is -0.370. The van der Waals surface area contributed by atoms with Crippen LogP contribution in [0.5, 0.6) is 0 Å². The number of nitrogens with one attached hydrogen (secondary N) is 2. The number of halogens is 3. The van der Waals surface area contributed by atoms with Crippen LogP contribution in [0.1, 0.15) is 17.4 Å². The zero-order valence-corrected chi connectivity index (χ0v) is 15.2. The molecule has 0 fully saturated rings. The standard InChI is InChI=1S/C12H14ClN3OS2.2ClH/c1-2-14-5-6-15-11(17)8-7-18-12(16-8)9-3-4-10(13)19-9;;/h3-4,7,14H,2,5-6H2,1H3,(H,15,17);2*1H. The van der Waals surface area contributed by atoms with Gasteiger partial charge in [0, 0.05) is 18.5 Å². The predicted molar refractivity (Wildman–Crippen MR) is 95.8 cm³/mol. The highest BCUT2D eigenvalue weighted by molar-refractivity contribution is 7.23. The van der Waals surface area contributed by atoms with Crippen molar-refractivity contribution < 1.29 is 4.79 Å². The maximum absolute atomic E-state index is 11.8. The molecule has 21 heavy (non-hydrogen) atoms. The summed E-state index contributed by atoms with van der Waals surface area (Å²) in [6.45, 7) is 4.29. The number of hydrogen-bond donors (Lipinski definition) is 2. The maximum Gasteiger partial charge on any atom is 0.270 e. The van der Waals surface area contributed by atoms with Gasteiger partial charge in [-0.1, -0.05) is 18.5 Å². The Labute approximate surface area is 149 Å². The fraction of sp³-hybridized carbons (Fsp3) is 0.333. The predicted octanol–water partition coefficient (Wildman–Crippen LogP) is 3.71. The molecule has 0 aromatic carbocycles. The lowest BCUT2D eigenvalue weighted by molar-refractivity contribution is 0.0950. The number of carbonyl (C=O) groups excluding carboxylic acids is 1. The minimum atomic E-state index is -0.136. The first-order valence-electron chi connectivity index (χ1n) is 5.91. The van der Waals surface area contributed by atoms with Gasteiger partial charge in [-0.3, -0.25) is 4.79 Å². The second kappa shape index (κ2) is 10.4. The number of nitrogens with zero attached hydrogens (tertiary/aromatic N) is 1. The summed E-state index contributed by atoms with van der Waals surface area (Å²) in [5.74, 6) is -0.136. The third-order valence-corrected chi connectivity index (χ3v) is 4.60. The Balaban J connectivity index is 0.00000200. The van der Waals surface area contributed by atoms with E-state index in [0.29, 0.717) is 12.2 Å². The van der Waals surface area contributed by atoms with E-state index in [-0.39, 0.29) is 30.7 Å². The lowest BCUT2D eigenvalue weighted by atomic mass is 10.4. The van der Waals surface area contributed by atoms with Gasteiger partial charge in [-0.15, -0.1) is 47.5 Å². The second-order valence-electron chi connectivity index (χ2n) is 3.75. The number of thiazole rings is 1. The van der Waals surface area contributed by atoms with Gasteiger partial charge >= 0.3 is 0 Å². The highest BCUT2D eigenvalue weighted by atomic mass is 35.5. The van der Waals surface area contributed by atoms with Crippen molar-refractivity contribution in [2.45, 2.75) is 6.92 Å². The molecule has 9 heteroatoms. The van der Waals surface area contributed by atoms with Crippen molar-refractivity contribution in [1.82, 2.24) is 15.6 Å². The van der Waals surface area contributed by atoms with Crippen LogP contribution >= 0.6 is 59.1 Å². The van der Waals surface area contributed by atoms with Crippen LogP contribution in [0, 0.1) is 0 Å². The Morgan fingerprint density at radius 3 is 2.71 bits per heavy atom. The summed E-state index contributed by atoms with van der Waals surface area (Å²) in [6, 6.07) is 3.75. The fourth-order valence-corrected chi connectivity index (χ4v) is 3.37. The van der Waals surface area contributed by atoms with Gasteiger partial charge in [0.25, 0.3) is 5.91 Å². The molecular formula is C12H16Cl3N3OS2. The number of aromatic nitrogens is 1. The number of hydrogen-bond acceptors (Lipinski definition) is 5. The summed E-state index contributed by atoms with van der Waals surface area (Å²) in [4.78, 5) is 17.2. The molecule has 0 unspecified atom stereocenters. The molecule has 0 atom stereocenters. The summed E-state index contributed by atoms with van der Waals surface area (Å²) >= 11 is 8.80. The molecule has 2 N–H and O–H groups in total. The van der Waals surface area contributed by atoms with Crippen molar-refractivity contribution in [3.05, 3.63) is 27.5 Å². The molecule has 0 aliphatic carbocycles. The summed E-state index contributed by atoms with van der Waals surface area (Å²) in [6.07, 6.45) is 0. The van der Waals surface area contributed by atoms with E-state index in [2.05, 4.69) is 15.6 Å². The van der Waals surface area contributed by atoms with Gasteiger partial charge in [0.15, 0.2) is 0 Å². The van der Waals surface area contributed by atoms with Gasteiger partial charge in [-0.2, -0.15) is 0 Å². The molecule has 4 nitrogen and oxygen atoms in total. The zero-order chi connectivity index (χ0) is 13.7. The lowest BCUT2D eigenvalue weighted by Crippen LogP contribution is -2.31. The van der Waals surface area contributed by atoms with Crippen molar-refractivity contribution in [2.24, 2.45) is 0 Å². The molecule has 0 spiro atoms. The van der Waals surface area contributed by atoms with Crippen LogP contribution in [0.15, 0.2) is 17.5 Å². The summed E-state index contributed by atoms with van der Waals surface area (Å²) in [5.41, 5.74) is 0.459. The molecule has 2 aromatic heterocycles. The molecule has 0 saturated heterocycles. The second-order valence-corrected chi connectivity index (χ2v) is 6.32. The molecular weight excluding hydrogens is 373 g/mol. The summed E-state index contributed by atoms with van der Waals surface area (Å²) < 4.78 is 0.724. The molecule has 2 heterocycles. The highest BCUT2D eigenvalue weighted by Gasteiger charge is 2.12. The Bertz CT molecular complexity index is 559. The van der Waals surface area contributed by atoms with Crippen molar-refractivity contribution in [1.29, 1.82) is 0 Å². The van der Waals surface area contributed by atoms with Gasteiger partial charge in [0.05, 0.1) is 9.21 Å². The van der Waals surface area contributed by atoms with E-state index >= 15 is 0 Å². The third kappa shape index (κ3) is 6.10. The van der Waals surface area contributed by atoms with Crippen molar-refractivity contribution >= 4 is 65.0 Å². The largest absolute Gasteiger partial charge is 0.349 e. The van der Waals surface area contributed by atoms with E-state index in [1.807, 2.05) is 19.1 Å². The van der Waals surface area contributed by atoms with Gasteiger partial charge < -0.3 is 10.6 Å².